The first-order valence-electron chi connectivity index (χ1n) is 8.92. The topological polar surface area (TPSA) is 50.5 Å². The van der Waals surface area contributed by atoms with Crippen molar-refractivity contribution < 1.29 is 9.84 Å². The van der Waals surface area contributed by atoms with E-state index in [0.717, 1.165) is 36.7 Å². The highest BCUT2D eigenvalue weighted by atomic mass is 16.5. The van der Waals surface area contributed by atoms with Gasteiger partial charge in [-0.15, -0.1) is 0 Å². The Kier molecular flexibility index (Phi) is 4.73. The zero-order valence-electron chi connectivity index (χ0n) is 14.9. The molecule has 0 unspecified atom stereocenters. The van der Waals surface area contributed by atoms with Gasteiger partial charge in [-0.2, -0.15) is 0 Å². The van der Waals surface area contributed by atoms with Crippen molar-refractivity contribution in [1.29, 1.82) is 0 Å². The van der Waals surface area contributed by atoms with Crippen molar-refractivity contribution in [3.05, 3.63) is 77.9 Å². The first-order valence-corrected chi connectivity index (χ1v) is 8.92. The first kappa shape index (κ1) is 16.8. The molecule has 1 N–H and O–H groups in total. The van der Waals surface area contributed by atoms with Gasteiger partial charge in [0.05, 0.1) is 24.6 Å². The Morgan fingerprint density at radius 2 is 2.00 bits per heavy atom. The molecule has 0 bridgehead atoms. The summed E-state index contributed by atoms with van der Waals surface area (Å²) in [5.74, 6) is 1.27. The van der Waals surface area contributed by atoms with Crippen LogP contribution in [0.25, 0.3) is 5.69 Å². The minimum Gasteiger partial charge on any atom is -0.508 e. The molecule has 1 aliphatic rings. The van der Waals surface area contributed by atoms with Gasteiger partial charge in [0.2, 0.25) is 0 Å². The maximum atomic E-state index is 9.73. The summed E-state index contributed by atoms with van der Waals surface area (Å²) in [7, 11) is 0. The predicted molar refractivity (Wildman–Crippen MR) is 100 cm³/mol. The molecule has 1 fully saturated rings. The van der Waals surface area contributed by atoms with E-state index in [1.165, 1.54) is 5.69 Å². The van der Waals surface area contributed by atoms with Crippen LogP contribution in [0.15, 0.2) is 60.8 Å². The van der Waals surface area contributed by atoms with Crippen LogP contribution >= 0.6 is 0 Å². The highest BCUT2D eigenvalue weighted by molar-refractivity contribution is 5.35. The summed E-state index contributed by atoms with van der Waals surface area (Å²) in [6.07, 6.45) is 1.94. The van der Waals surface area contributed by atoms with E-state index < -0.39 is 0 Å². The lowest BCUT2D eigenvalue weighted by atomic mass is 10.1. The molecule has 0 spiro atoms. The van der Waals surface area contributed by atoms with Crippen LogP contribution in [-0.2, 0) is 11.3 Å². The summed E-state index contributed by atoms with van der Waals surface area (Å²) in [6.45, 7) is 5.20. The van der Waals surface area contributed by atoms with Gasteiger partial charge in [-0.25, -0.2) is 4.98 Å². The zero-order chi connectivity index (χ0) is 17.9. The monoisotopic (exact) mass is 349 g/mol. The van der Waals surface area contributed by atoms with E-state index in [1.807, 2.05) is 43.5 Å². The first-order chi connectivity index (χ1) is 12.7. The number of benzene rings is 2. The van der Waals surface area contributed by atoms with Crippen LogP contribution < -0.4 is 0 Å². The van der Waals surface area contributed by atoms with E-state index in [0.29, 0.717) is 6.61 Å². The Hall–Kier alpha value is -2.63. The van der Waals surface area contributed by atoms with Gasteiger partial charge in [0.15, 0.2) is 0 Å². The number of morpholine rings is 1. The van der Waals surface area contributed by atoms with Crippen molar-refractivity contribution in [3.8, 4) is 11.4 Å². The van der Waals surface area contributed by atoms with Gasteiger partial charge >= 0.3 is 0 Å². The Bertz CT molecular complexity index is 876. The molecule has 1 aliphatic heterocycles. The van der Waals surface area contributed by atoms with Gasteiger partial charge < -0.3 is 9.84 Å². The Labute approximate surface area is 153 Å². The molecule has 4 rings (SSSR count). The molecule has 5 heteroatoms. The SMILES string of the molecule is Cc1ncc(CN2CCO[C@@H](c3cccc(O)c3)C2)n1-c1ccccc1. The lowest BCUT2D eigenvalue weighted by Crippen LogP contribution is -2.38. The minimum atomic E-state index is -0.0231. The predicted octanol–water partition coefficient (Wildman–Crippen LogP) is 3.46. The van der Waals surface area contributed by atoms with E-state index >= 15 is 0 Å². The average molecular weight is 349 g/mol. The number of aromatic hydroxyl groups is 1. The van der Waals surface area contributed by atoms with Crippen molar-refractivity contribution in [1.82, 2.24) is 14.5 Å². The smallest absolute Gasteiger partial charge is 0.115 e. The van der Waals surface area contributed by atoms with Crippen LogP contribution in [-0.4, -0.2) is 39.3 Å². The molecule has 0 radical (unpaired) electrons. The normalized spacial score (nSPS) is 18.1. The van der Waals surface area contributed by atoms with Crippen molar-refractivity contribution in [2.24, 2.45) is 0 Å². The lowest BCUT2D eigenvalue weighted by molar-refractivity contribution is -0.0335. The molecule has 0 amide bonds. The number of para-hydroxylation sites is 1. The van der Waals surface area contributed by atoms with Gasteiger partial charge in [0.1, 0.15) is 11.6 Å². The van der Waals surface area contributed by atoms with Crippen LogP contribution in [0.2, 0.25) is 0 Å². The molecule has 5 nitrogen and oxygen atoms in total. The Morgan fingerprint density at radius 1 is 1.15 bits per heavy atom. The molecule has 134 valence electrons. The number of imidazole rings is 1. The molecule has 3 aromatic rings. The highest BCUT2D eigenvalue weighted by Gasteiger charge is 2.23. The van der Waals surface area contributed by atoms with Crippen molar-refractivity contribution in [3.63, 3.8) is 0 Å². The number of phenolic OH excluding ortho intramolecular Hbond substituents is 1. The number of rotatable bonds is 4. The summed E-state index contributed by atoms with van der Waals surface area (Å²) in [5.41, 5.74) is 3.32. The van der Waals surface area contributed by atoms with E-state index in [1.54, 1.807) is 12.1 Å². The van der Waals surface area contributed by atoms with E-state index in [2.05, 4.69) is 26.6 Å². The number of phenols is 1. The van der Waals surface area contributed by atoms with Gasteiger partial charge in [-0.1, -0.05) is 30.3 Å². The number of aryl methyl sites for hydroxylation is 1. The fraction of sp³-hybridized carbons (Fsp3) is 0.286. The molecule has 2 aromatic carbocycles. The van der Waals surface area contributed by atoms with Crippen molar-refractivity contribution in [2.75, 3.05) is 19.7 Å². The van der Waals surface area contributed by atoms with Gasteiger partial charge in [0.25, 0.3) is 0 Å². The van der Waals surface area contributed by atoms with Crippen LogP contribution in [0.5, 0.6) is 5.75 Å². The Balaban J connectivity index is 1.53. The largest absolute Gasteiger partial charge is 0.508 e. The van der Waals surface area contributed by atoms with Crippen LogP contribution in [0.4, 0.5) is 0 Å². The molecule has 1 aromatic heterocycles. The third-order valence-corrected chi connectivity index (χ3v) is 4.80. The van der Waals surface area contributed by atoms with Gasteiger partial charge in [-0.3, -0.25) is 9.47 Å². The van der Waals surface area contributed by atoms with Crippen LogP contribution in [0, 0.1) is 6.92 Å². The van der Waals surface area contributed by atoms with E-state index in [4.69, 9.17) is 4.74 Å². The Morgan fingerprint density at radius 3 is 2.81 bits per heavy atom. The second kappa shape index (κ2) is 7.32. The summed E-state index contributed by atoms with van der Waals surface area (Å²) in [5, 5.41) is 9.73. The maximum Gasteiger partial charge on any atom is 0.115 e. The number of hydrogen-bond donors (Lipinski definition) is 1. The summed E-state index contributed by atoms with van der Waals surface area (Å²) >= 11 is 0. The quantitative estimate of drug-likeness (QED) is 0.784. The van der Waals surface area contributed by atoms with Gasteiger partial charge in [-0.05, 0) is 36.8 Å². The highest BCUT2D eigenvalue weighted by Crippen LogP contribution is 2.26. The molecule has 1 saturated heterocycles. The number of ether oxygens (including phenoxy) is 1. The maximum absolute atomic E-state index is 9.73. The van der Waals surface area contributed by atoms with Crippen LogP contribution in [0.3, 0.4) is 0 Å². The number of nitrogens with zero attached hydrogens (tertiary/aromatic N) is 3. The van der Waals surface area contributed by atoms with E-state index in [-0.39, 0.29) is 11.9 Å². The summed E-state index contributed by atoms with van der Waals surface area (Å²) < 4.78 is 8.14. The fourth-order valence-corrected chi connectivity index (χ4v) is 3.53. The van der Waals surface area contributed by atoms with Crippen molar-refractivity contribution >= 4 is 0 Å². The van der Waals surface area contributed by atoms with E-state index in [9.17, 15) is 5.11 Å². The molecule has 1 atom stereocenters. The minimum absolute atomic E-state index is 0.0231. The number of hydrogen-bond acceptors (Lipinski definition) is 4. The lowest BCUT2D eigenvalue weighted by Gasteiger charge is -2.33. The molecule has 0 saturated carbocycles. The second-order valence-corrected chi connectivity index (χ2v) is 6.66. The summed E-state index contributed by atoms with van der Waals surface area (Å²) in [6, 6.07) is 17.7. The molecule has 26 heavy (non-hydrogen) atoms. The fourth-order valence-electron chi connectivity index (χ4n) is 3.53. The molecule has 0 aliphatic carbocycles. The standard InChI is InChI=1S/C21H23N3O2/c1-16-22-13-19(24(16)18-7-3-2-4-8-18)14-23-10-11-26-21(15-23)17-6-5-9-20(25)12-17/h2-9,12-13,21,25H,10-11,14-15H2,1H3/t21-/m1/s1. The van der Waals surface area contributed by atoms with Crippen LogP contribution in [0.1, 0.15) is 23.2 Å². The third kappa shape index (κ3) is 3.49. The average Bonchev–Trinajstić information content (AvgIpc) is 3.03. The molecular formula is C21H23N3O2. The number of aromatic nitrogens is 2. The second-order valence-electron chi connectivity index (χ2n) is 6.66. The summed E-state index contributed by atoms with van der Waals surface area (Å²) in [4.78, 5) is 6.90. The van der Waals surface area contributed by atoms with Gasteiger partial charge in [0, 0.05) is 25.3 Å². The third-order valence-electron chi connectivity index (χ3n) is 4.80. The van der Waals surface area contributed by atoms with Crippen molar-refractivity contribution in [2.45, 2.75) is 19.6 Å². The zero-order valence-corrected chi connectivity index (χ0v) is 14.9. The molecular weight excluding hydrogens is 326 g/mol. The molecule has 2 heterocycles.